The monoisotopic (exact) mass is 186 g/mol. The molecule has 0 radical (unpaired) electrons. The summed E-state index contributed by atoms with van der Waals surface area (Å²) in [7, 11) is 0. The molecule has 72 valence electrons. The van der Waals surface area contributed by atoms with Gasteiger partial charge in [0.15, 0.2) is 0 Å². The van der Waals surface area contributed by atoms with Crippen molar-refractivity contribution in [1.82, 2.24) is 0 Å². The van der Waals surface area contributed by atoms with E-state index in [1.165, 1.54) is 44.3 Å². The van der Waals surface area contributed by atoms with Crippen LogP contribution in [0.25, 0.3) is 0 Å². The van der Waals surface area contributed by atoms with Crippen LogP contribution in [0, 0.1) is 5.92 Å². The second-order valence-electron chi connectivity index (χ2n) is 4.21. The molecule has 0 aromatic heterocycles. The Morgan fingerprint density at radius 3 is 2.42 bits per heavy atom. The van der Waals surface area contributed by atoms with Crippen LogP contribution >= 0.6 is 11.8 Å². The molecule has 0 aromatic rings. The van der Waals surface area contributed by atoms with E-state index in [0.29, 0.717) is 0 Å². The molecule has 0 nitrogen and oxygen atoms in total. The van der Waals surface area contributed by atoms with E-state index in [-0.39, 0.29) is 0 Å². The molecule has 12 heavy (non-hydrogen) atoms. The summed E-state index contributed by atoms with van der Waals surface area (Å²) in [5.74, 6) is 2.47. The molecule has 0 atom stereocenters. The maximum atomic E-state index is 2.30. The van der Waals surface area contributed by atoms with Crippen LogP contribution in [0.3, 0.4) is 0 Å². The summed E-state index contributed by atoms with van der Waals surface area (Å²) < 4.78 is 0. The largest absolute Gasteiger partial charge is 0.159 e. The molecular formula is C11H22S. The van der Waals surface area contributed by atoms with Crippen LogP contribution in [0.4, 0.5) is 0 Å². The van der Waals surface area contributed by atoms with Gasteiger partial charge in [-0.05, 0) is 23.3 Å². The quantitative estimate of drug-likeness (QED) is 0.637. The SMILES string of the molecule is CC(C)SCCC1CCCCC1. The molecular weight excluding hydrogens is 164 g/mol. The van der Waals surface area contributed by atoms with Crippen molar-refractivity contribution in [1.29, 1.82) is 0 Å². The third kappa shape index (κ3) is 4.39. The van der Waals surface area contributed by atoms with Crippen molar-refractivity contribution in [3.63, 3.8) is 0 Å². The van der Waals surface area contributed by atoms with Crippen LogP contribution in [0.15, 0.2) is 0 Å². The summed E-state index contributed by atoms with van der Waals surface area (Å²) in [5, 5.41) is 0.827. The van der Waals surface area contributed by atoms with Crippen molar-refractivity contribution in [3.05, 3.63) is 0 Å². The van der Waals surface area contributed by atoms with Crippen LogP contribution < -0.4 is 0 Å². The van der Waals surface area contributed by atoms with E-state index in [4.69, 9.17) is 0 Å². The Hall–Kier alpha value is 0.350. The molecule has 0 amide bonds. The van der Waals surface area contributed by atoms with Gasteiger partial charge >= 0.3 is 0 Å². The predicted molar refractivity (Wildman–Crippen MR) is 58.8 cm³/mol. The summed E-state index contributed by atoms with van der Waals surface area (Å²) in [4.78, 5) is 0. The average Bonchev–Trinajstić information content (AvgIpc) is 2.05. The number of thioether (sulfide) groups is 1. The summed E-state index contributed by atoms with van der Waals surface area (Å²) in [6.07, 6.45) is 8.99. The van der Waals surface area contributed by atoms with Crippen LogP contribution in [0.1, 0.15) is 52.4 Å². The van der Waals surface area contributed by atoms with Gasteiger partial charge < -0.3 is 0 Å². The van der Waals surface area contributed by atoms with Crippen molar-refractivity contribution in [2.24, 2.45) is 5.92 Å². The van der Waals surface area contributed by atoms with E-state index < -0.39 is 0 Å². The van der Waals surface area contributed by atoms with Crippen LogP contribution in [-0.2, 0) is 0 Å². The summed E-state index contributed by atoms with van der Waals surface area (Å²) in [6.45, 7) is 4.59. The maximum absolute atomic E-state index is 2.30. The molecule has 1 aliphatic carbocycles. The molecule has 1 saturated carbocycles. The molecule has 1 heteroatoms. The molecule has 0 saturated heterocycles. The third-order valence-corrected chi connectivity index (χ3v) is 3.84. The van der Waals surface area contributed by atoms with E-state index in [2.05, 4.69) is 25.6 Å². The molecule has 0 heterocycles. The Labute approximate surface area is 81.5 Å². The van der Waals surface area contributed by atoms with Gasteiger partial charge in [-0.15, -0.1) is 0 Å². The topological polar surface area (TPSA) is 0 Å². The molecule has 1 aliphatic rings. The molecule has 1 fully saturated rings. The Bertz CT molecular complexity index is 104. The number of rotatable bonds is 4. The van der Waals surface area contributed by atoms with Crippen LogP contribution in [-0.4, -0.2) is 11.0 Å². The first-order chi connectivity index (χ1) is 5.79. The fourth-order valence-electron chi connectivity index (χ4n) is 1.95. The summed E-state index contributed by atoms with van der Waals surface area (Å²) in [6, 6.07) is 0. The van der Waals surface area contributed by atoms with E-state index in [0.717, 1.165) is 11.2 Å². The molecule has 0 aliphatic heterocycles. The highest BCUT2D eigenvalue weighted by molar-refractivity contribution is 7.99. The maximum Gasteiger partial charge on any atom is -0.000968 e. The molecule has 0 spiro atoms. The van der Waals surface area contributed by atoms with Gasteiger partial charge in [-0.25, -0.2) is 0 Å². The van der Waals surface area contributed by atoms with E-state index in [1.807, 2.05) is 0 Å². The minimum absolute atomic E-state index is 0.827. The fourth-order valence-corrected chi connectivity index (χ4v) is 2.89. The van der Waals surface area contributed by atoms with E-state index >= 15 is 0 Å². The van der Waals surface area contributed by atoms with Crippen LogP contribution in [0.2, 0.25) is 0 Å². The smallest absolute Gasteiger partial charge is 0.000968 e. The molecule has 0 aromatic carbocycles. The second-order valence-corrected chi connectivity index (χ2v) is 5.90. The van der Waals surface area contributed by atoms with Gasteiger partial charge in [0.1, 0.15) is 0 Å². The van der Waals surface area contributed by atoms with Crippen molar-refractivity contribution in [2.45, 2.75) is 57.6 Å². The lowest BCUT2D eigenvalue weighted by molar-refractivity contribution is 0.351. The Balaban J connectivity index is 1.98. The summed E-state index contributed by atoms with van der Waals surface area (Å²) >= 11 is 2.12. The first-order valence-electron chi connectivity index (χ1n) is 5.40. The molecule has 0 bridgehead atoms. The van der Waals surface area contributed by atoms with Crippen molar-refractivity contribution in [3.8, 4) is 0 Å². The van der Waals surface area contributed by atoms with Crippen molar-refractivity contribution in [2.75, 3.05) is 5.75 Å². The average molecular weight is 186 g/mol. The summed E-state index contributed by atoms with van der Waals surface area (Å²) in [5.41, 5.74) is 0. The fraction of sp³-hybridized carbons (Fsp3) is 1.00. The second kappa shape index (κ2) is 5.90. The first-order valence-corrected chi connectivity index (χ1v) is 6.45. The predicted octanol–water partition coefficient (Wildman–Crippen LogP) is 4.10. The highest BCUT2D eigenvalue weighted by atomic mass is 32.2. The lowest BCUT2D eigenvalue weighted by Crippen LogP contribution is -2.07. The minimum atomic E-state index is 0.827. The molecule has 0 unspecified atom stereocenters. The van der Waals surface area contributed by atoms with Gasteiger partial charge in [-0.1, -0.05) is 46.0 Å². The minimum Gasteiger partial charge on any atom is -0.159 e. The highest BCUT2D eigenvalue weighted by Gasteiger charge is 2.12. The Kier molecular flexibility index (Phi) is 5.13. The number of hydrogen-bond donors (Lipinski definition) is 0. The zero-order valence-corrected chi connectivity index (χ0v) is 9.33. The zero-order valence-electron chi connectivity index (χ0n) is 8.51. The lowest BCUT2D eigenvalue weighted by Gasteiger charge is -2.21. The number of hydrogen-bond acceptors (Lipinski definition) is 1. The van der Waals surface area contributed by atoms with Crippen molar-refractivity contribution < 1.29 is 0 Å². The van der Waals surface area contributed by atoms with E-state index in [1.54, 1.807) is 0 Å². The third-order valence-electron chi connectivity index (χ3n) is 2.70. The molecule has 0 N–H and O–H groups in total. The normalized spacial score (nSPS) is 20.2. The lowest BCUT2D eigenvalue weighted by atomic mass is 9.88. The zero-order chi connectivity index (χ0) is 8.81. The Morgan fingerprint density at radius 2 is 1.83 bits per heavy atom. The van der Waals surface area contributed by atoms with Gasteiger partial charge in [-0.2, -0.15) is 11.8 Å². The van der Waals surface area contributed by atoms with Gasteiger partial charge in [-0.3, -0.25) is 0 Å². The van der Waals surface area contributed by atoms with Crippen LogP contribution in [0.5, 0.6) is 0 Å². The standard InChI is InChI=1S/C11H22S/c1-10(2)12-9-8-11-6-4-3-5-7-11/h10-11H,3-9H2,1-2H3. The van der Waals surface area contributed by atoms with Gasteiger partial charge in [0.2, 0.25) is 0 Å². The first kappa shape index (κ1) is 10.4. The van der Waals surface area contributed by atoms with Gasteiger partial charge in [0, 0.05) is 0 Å². The van der Waals surface area contributed by atoms with Gasteiger partial charge in [0.05, 0.1) is 0 Å². The Morgan fingerprint density at radius 1 is 1.17 bits per heavy atom. The van der Waals surface area contributed by atoms with E-state index in [9.17, 15) is 0 Å². The van der Waals surface area contributed by atoms with Gasteiger partial charge in [0.25, 0.3) is 0 Å². The van der Waals surface area contributed by atoms with Crippen molar-refractivity contribution >= 4 is 11.8 Å². The highest BCUT2D eigenvalue weighted by Crippen LogP contribution is 2.27. The molecule has 1 rings (SSSR count).